The molecule has 5 nitrogen and oxygen atoms in total. The van der Waals surface area contributed by atoms with Crippen LogP contribution in [0.1, 0.15) is 23.1 Å². The molecule has 4 rings (SSSR count). The van der Waals surface area contributed by atoms with Gasteiger partial charge in [-0.3, -0.25) is 4.98 Å². The fourth-order valence-electron chi connectivity index (χ4n) is 3.42. The van der Waals surface area contributed by atoms with Crippen LogP contribution in [-0.2, 0) is 6.42 Å². The lowest BCUT2D eigenvalue weighted by molar-refractivity contribution is 0.415. The van der Waals surface area contributed by atoms with Gasteiger partial charge in [-0.25, -0.2) is 9.97 Å². The van der Waals surface area contributed by atoms with Gasteiger partial charge in [0.2, 0.25) is 0 Å². The highest BCUT2D eigenvalue weighted by molar-refractivity contribution is 5.70. The summed E-state index contributed by atoms with van der Waals surface area (Å²) in [6.45, 7) is 1.89. The first kappa shape index (κ1) is 19.7. The maximum Gasteiger partial charge on any atom is 0.126 e. The minimum atomic E-state index is -0.203. The SMILES string of the molecule is COc1ccc(-c2cncc(-c3cc(C(N)Cc4ccccc4)nc(C)n3)c2)cc1. The topological polar surface area (TPSA) is 73.9 Å². The predicted molar refractivity (Wildman–Crippen MR) is 119 cm³/mol. The number of nitrogens with zero attached hydrogens (tertiary/aromatic N) is 3. The van der Waals surface area contributed by atoms with Crippen LogP contribution in [-0.4, -0.2) is 22.1 Å². The zero-order valence-electron chi connectivity index (χ0n) is 17.1. The fourth-order valence-corrected chi connectivity index (χ4v) is 3.42. The molecule has 2 N–H and O–H groups in total. The van der Waals surface area contributed by atoms with Crippen molar-refractivity contribution in [2.45, 2.75) is 19.4 Å². The van der Waals surface area contributed by atoms with E-state index in [1.807, 2.05) is 67.8 Å². The Morgan fingerprint density at radius 1 is 0.867 bits per heavy atom. The molecule has 0 spiro atoms. The van der Waals surface area contributed by atoms with E-state index in [1.54, 1.807) is 7.11 Å². The highest BCUT2D eigenvalue weighted by Gasteiger charge is 2.13. The van der Waals surface area contributed by atoms with Gasteiger partial charge >= 0.3 is 0 Å². The van der Waals surface area contributed by atoms with Crippen LogP contribution in [0.3, 0.4) is 0 Å². The van der Waals surface area contributed by atoms with Gasteiger partial charge in [-0.2, -0.15) is 0 Å². The largest absolute Gasteiger partial charge is 0.497 e. The van der Waals surface area contributed by atoms with E-state index in [0.717, 1.165) is 40.2 Å². The number of benzene rings is 2. The average Bonchev–Trinajstić information content (AvgIpc) is 2.79. The van der Waals surface area contributed by atoms with Crippen molar-refractivity contribution in [1.82, 2.24) is 15.0 Å². The summed E-state index contributed by atoms with van der Waals surface area (Å²) in [5.74, 6) is 1.52. The zero-order valence-corrected chi connectivity index (χ0v) is 17.1. The molecule has 30 heavy (non-hydrogen) atoms. The van der Waals surface area contributed by atoms with Gasteiger partial charge in [0.05, 0.1) is 24.5 Å². The summed E-state index contributed by atoms with van der Waals surface area (Å²) in [5.41, 5.74) is 12.3. The van der Waals surface area contributed by atoms with Gasteiger partial charge in [0.15, 0.2) is 0 Å². The van der Waals surface area contributed by atoms with Crippen molar-refractivity contribution in [2.75, 3.05) is 7.11 Å². The Morgan fingerprint density at radius 2 is 1.60 bits per heavy atom. The van der Waals surface area contributed by atoms with Gasteiger partial charge in [0.25, 0.3) is 0 Å². The molecule has 2 aromatic heterocycles. The summed E-state index contributed by atoms with van der Waals surface area (Å²) in [7, 11) is 1.66. The minimum absolute atomic E-state index is 0.203. The van der Waals surface area contributed by atoms with E-state index in [1.165, 1.54) is 5.56 Å². The number of aryl methyl sites for hydroxylation is 1. The van der Waals surface area contributed by atoms with Crippen LogP contribution >= 0.6 is 0 Å². The molecule has 150 valence electrons. The molecule has 5 heteroatoms. The molecule has 2 heterocycles. The number of hydrogen-bond acceptors (Lipinski definition) is 5. The third kappa shape index (κ3) is 4.53. The second kappa shape index (κ2) is 8.84. The van der Waals surface area contributed by atoms with E-state index in [0.29, 0.717) is 5.82 Å². The number of ether oxygens (including phenoxy) is 1. The van der Waals surface area contributed by atoms with E-state index >= 15 is 0 Å². The quantitative estimate of drug-likeness (QED) is 0.508. The number of hydrogen-bond donors (Lipinski definition) is 1. The lowest BCUT2D eigenvalue weighted by atomic mass is 10.0. The third-order valence-corrected chi connectivity index (χ3v) is 4.99. The molecule has 0 bridgehead atoms. The molecule has 2 aromatic carbocycles. The van der Waals surface area contributed by atoms with E-state index in [4.69, 9.17) is 10.5 Å². The van der Waals surface area contributed by atoms with Gasteiger partial charge in [-0.1, -0.05) is 42.5 Å². The molecule has 4 aromatic rings. The van der Waals surface area contributed by atoms with E-state index in [-0.39, 0.29) is 6.04 Å². The highest BCUT2D eigenvalue weighted by atomic mass is 16.5. The molecule has 1 unspecified atom stereocenters. The summed E-state index contributed by atoms with van der Waals surface area (Å²) in [6.07, 6.45) is 4.39. The number of pyridine rings is 1. The monoisotopic (exact) mass is 396 g/mol. The van der Waals surface area contributed by atoms with Crippen molar-refractivity contribution in [3.8, 4) is 28.1 Å². The second-order valence-electron chi connectivity index (χ2n) is 7.21. The van der Waals surface area contributed by atoms with Crippen molar-refractivity contribution in [2.24, 2.45) is 5.73 Å². The molecule has 0 saturated carbocycles. The Kier molecular flexibility index (Phi) is 5.82. The highest BCUT2D eigenvalue weighted by Crippen LogP contribution is 2.27. The third-order valence-electron chi connectivity index (χ3n) is 4.99. The molecule has 0 aliphatic heterocycles. The second-order valence-corrected chi connectivity index (χ2v) is 7.21. The van der Waals surface area contributed by atoms with Crippen LogP contribution < -0.4 is 10.5 Å². The Balaban J connectivity index is 1.64. The fraction of sp³-hybridized carbons (Fsp3) is 0.160. The predicted octanol–water partition coefficient (Wildman–Crippen LogP) is 4.77. The van der Waals surface area contributed by atoms with Gasteiger partial charge < -0.3 is 10.5 Å². The van der Waals surface area contributed by atoms with Gasteiger partial charge in [0, 0.05) is 23.5 Å². The smallest absolute Gasteiger partial charge is 0.126 e. The summed E-state index contributed by atoms with van der Waals surface area (Å²) in [6, 6.07) is 22.0. The van der Waals surface area contributed by atoms with Crippen molar-refractivity contribution in [1.29, 1.82) is 0 Å². The van der Waals surface area contributed by atoms with Crippen molar-refractivity contribution in [3.05, 3.63) is 96.2 Å². The molecule has 0 fully saturated rings. The number of nitrogens with two attached hydrogens (primary N) is 1. The number of methoxy groups -OCH3 is 1. The zero-order chi connectivity index (χ0) is 20.9. The van der Waals surface area contributed by atoms with E-state index < -0.39 is 0 Å². The lowest BCUT2D eigenvalue weighted by Crippen LogP contribution is -2.16. The average molecular weight is 396 g/mol. The van der Waals surface area contributed by atoms with Gasteiger partial charge in [0.1, 0.15) is 11.6 Å². The molecule has 0 aliphatic carbocycles. The summed E-state index contributed by atoms with van der Waals surface area (Å²) in [5, 5.41) is 0. The summed E-state index contributed by atoms with van der Waals surface area (Å²) < 4.78 is 5.24. The normalized spacial score (nSPS) is 11.8. The van der Waals surface area contributed by atoms with Crippen molar-refractivity contribution >= 4 is 0 Å². The Hall–Kier alpha value is -3.57. The summed E-state index contributed by atoms with van der Waals surface area (Å²) in [4.78, 5) is 13.6. The molecule has 0 radical (unpaired) electrons. The maximum atomic E-state index is 6.47. The number of aromatic nitrogens is 3. The van der Waals surface area contributed by atoms with Crippen LogP contribution in [0.2, 0.25) is 0 Å². The van der Waals surface area contributed by atoms with Gasteiger partial charge in [-0.15, -0.1) is 0 Å². The van der Waals surface area contributed by atoms with Crippen LogP contribution in [0, 0.1) is 6.92 Å². The maximum absolute atomic E-state index is 6.47. The molecule has 1 atom stereocenters. The molecular weight excluding hydrogens is 372 g/mol. The van der Waals surface area contributed by atoms with Crippen LogP contribution in [0.5, 0.6) is 5.75 Å². The Bertz CT molecular complexity index is 1130. The van der Waals surface area contributed by atoms with Crippen molar-refractivity contribution in [3.63, 3.8) is 0 Å². The minimum Gasteiger partial charge on any atom is -0.497 e. The first-order valence-corrected chi connectivity index (χ1v) is 9.87. The van der Waals surface area contributed by atoms with E-state index in [9.17, 15) is 0 Å². The van der Waals surface area contributed by atoms with Crippen LogP contribution in [0.25, 0.3) is 22.4 Å². The molecule has 0 aliphatic rings. The lowest BCUT2D eigenvalue weighted by Gasteiger charge is -2.14. The number of rotatable bonds is 6. The first-order valence-electron chi connectivity index (χ1n) is 9.87. The van der Waals surface area contributed by atoms with Gasteiger partial charge in [-0.05, 0) is 48.7 Å². The molecular formula is C25H24N4O. The standard InChI is InChI=1S/C25H24N4O/c1-17-28-24(14-25(29-17)23(26)12-18-6-4-3-5-7-18)21-13-20(15-27-16-21)19-8-10-22(30-2)11-9-19/h3-11,13-16,23H,12,26H2,1-2H3. The summed E-state index contributed by atoms with van der Waals surface area (Å²) >= 11 is 0. The Labute approximate surface area is 176 Å². The Morgan fingerprint density at radius 3 is 2.33 bits per heavy atom. The van der Waals surface area contributed by atoms with Crippen LogP contribution in [0.15, 0.2) is 79.1 Å². The molecule has 0 saturated heterocycles. The van der Waals surface area contributed by atoms with E-state index in [2.05, 4.69) is 33.2 Å². The first-order chi connectivity index (χ1) is 14.6. The van der Waals surface area contributed by atoms with Crippen molar-refractivity contribution < 1.29 is 4.74 Å². The molecule has 0 amide bonds. The van der Waals surface area contributed by atoms with Crippen LogP contribution in [0.4, 0.5) is 0 Å².